The Balaban J connectivity index is 4.33. The lowest BCUT2D eigenvalue weighted by Crippen LogP contribution is -2.59. The zero-order valence-corrected chi connectivity index (χ0v) is 11.1. The molecule has 13 heavy (non-hydrogen) atoms. The van der Waals surface area contributed by atoms with E-state index in [1.807, 2.05) is 0 Å². The van der Waals surface area contributed by atoms with E-state index in [4.69, 9.17) is 11.1 Å². The van der Waals surface area contributed by atoms with E-state index < -0.39 is 7.71 Å². The SMILES string of the molecule is CCC[Si](Cl)(NCC)N(CC)CC. The fourth-order valence-corrected chi connectivity index (χ4v) is 6.29. The van der Waals surface area contributed by atoms with Gasteiger partial charge in [-0.3, -0.25) is 0 Å². The number of nitrogens with zero attached hydrogens (tertiary/aromatic N) is 1. The summed E-state index contributed by atoms with van der Waals surface area (Å²) >= 11 is 6.66. The molecule has 0 radical (unpaired) electrons. The summed E-state index contributed by atoms with van der Waals surface area (Å²) in [6.45, 7) is 11.8. The third-order valence-corrected chi connectivity index (χ3v) is 7.67. The maximum absolute atomic E-state index is 6.66. The van der Waals surface area contributed by atoms with Gasteiger partial charge >= 0.3 is 7.71 Å². The maximum Gasteiger partial charge on any atom is 0.304 e. The van der Waals surface area contributed by atoms with Gasteiger partial charge in [0.05, 0.1) is 0 Å². The van der Waals surface area contributed by atoms with Crippen molar-refractivity contribution in [2.75, 3.05) is 19.6 Å². The van der Waals surface area contributed by atoms with Crippen LogP contribution in [-0.2, 0) is 0 Å². The van der Waals surface area contributed by atoms with Gasteiger partial charge in [0.25, 0.3) is 0 Å². The smallest absolute Gasteiger partial charge is 0.304 e. The van der Waals surface area contributed by atoms with Crippen LogP contribution in [-0.4, -0.2) is 31.9 Å². The summed E-state index contributed by atoms with van der Waals surface area (Å²) in [6, 6.07) is 1.13. The number of hydrogen-bond acceptors (Lipinski definition) is 2. The summed E-state index contributed by atoms with van der Waals surface area (Å²) < 4.78 is 2.40. The van der Waals surface area contributed by atoms with Gasteiger partial charge in [0, 0.05) is 0 Å². The summed E-state index contributed by atoms with van der Waals surface area (Å²) in [4.78, 5) is 3.49. The highest BCUT2D eigenvalue weighted by Gasteiger charge is 2.35. The van der Waals surface area contributed by atoms with Crippen molar-refractivity contribution in [2.45, 2.75) is 40.2 Å². The van der Waals surface area contributed by atoms with Crippen LogP contribution in [0.4, 0.5) is 0 Å². The van der Waals surface area contributed by atoms with Gasteiger partial charge in [-0.2, -0.15) is 0 Å². The first-order valence-corrected chi connectivity index (χ1v) is 8.50. The lowest BCUT2D eigenvalue weighted by molar-refractivity contribution is 0.458. The lowest BCUT2D eigenvalue weighted by atomic mass is 10.6. The summed E-state index contributed by atoms with van der Waals surface area (Å²) in [5, 5.41) is 0. The van der Waals surface area contributed by atoms with Gasteiger partial charge < -0.3 is 9.55 Å². The third kappa shape index (κ3) is 3.98. The van der Waals surface area contributed by atoms with E-state index in [2.05, 4.69) is 37.2 Å². The van der Waals surface area contributed by atoms with Crippen LogP contribution in [0.15, 0.2) is 0 Å². The van der Waals surface area contributed by atoms with Crippen molar-refractivity contribution in [2.24, 2.45) is 0 Å². The van der Waals surface area contributed by atoms with Crippen molar-refractivity contribution in [3.8, 4) is 0 Å². The predicted octanol–water partition coefficient (Wildman–Crippen LogP) is 2.53. The highest BCUT2D eigenvalue weighted by Crippen LogP contribution is 2.18. The van der Waals surface area contributed by atoms with Crippen LogP contribution in [0, 0.1) is 0 Å². The molecule has 0 aliphatic heterocycles. The Bertz CT molecular complexity index is 123. The summed E-state index contributed by atoms with van der Waals surface area (Å²) in [5.74, 6) is 0. The molecule has 1 unspecified atom stereocenters. The molecule has 0 aromatic rings. The molecule has 1 atom stereocenters. The second-order valence-electron chi connectivity index (χ2n) is 3.21. The van der Waals surface area contributed by atoms with Crippen LogP contribution < -0.4 is 4.98 Å². The first-order chi connectivity index (χ1) is 6.14. The fraction of sp³-hybridized carbons (Fsp3) is 1.00. The average Bonchev–Trinajstić information content (AvgIpc) is 2.07. The Morgan fingerprint density at radius 2 is 1.69 bits per heavy atom. The third-order valence-electron chi connectivity index (χ3n) is 2.29. The zero-order chi connectivity index (χ0) is 10.3. The van der Waals surface area contributed by atoms with Crippen molar-refractivity contribution in [1.29, 1.82) is 0 Å². The standard InChI is InChI=1S/C9H23ClN2Si/c1-5-9-13(10,11-6-2)12(7-3)8-4/h11H,5-9H2,1-4H3. The van der Waals surface area contributed by atoms with Gasteiger partial charge in [-0.25, -0.2) is 0 Å². The van der Waals surface area contributed by atoms with E-state index in [1.165, 1.54) is 6.42 Å². The molecule has 0 bridgehead atoms. The molecule has 0 aromatic carbocycles. The Labute approximate surface area is 88.5 Å². The van der Waals surface area contributed by atoms with E-state index in [0.29, 0.717) is 0 Å². The number of halogens is 1. The molecule has 0 fully saturated rings. The number of hydrogen-bond donors (Lipinski definition) is 1. The average molecular weight is 223 g/mol. The minimum Gasteiger partial charge on any atom is -0.314 e. The van der Waals surface area contributed by atoms with Crippen LogP contribution in [0.2, 0.25) is 6.04 Å². The van der Waals surface area contributed by atoms with Crippen LogP contribution in [0.3, 0.4) is 0 Å². The Kier molecular flexibility index (Phi) is 7.04. The highest BCUT2D eigenvalue weighted by atomic mass is 35.6. The quantitative estimate of drug-likeness (QED) is 0.526. The topological polar surface area (TPSA) is 15.3 Å². The van der Waals surface area contributed by atoms with E-state index in [-0.39, 0.29) is 0 Å². The molecule has 0 aliphatic carbocycles. The monoisotopic (exact) mass is 222 g/mol. The molecular formula is C9H23ClN2Si. The maximum atomic E-state index is 6.66. The Morgan fingerprint density at radius 1 is 1.15 bits per heavy atom. The summed E-state index contributed by atoms with van der Waals surface area (Å²) in [7, 11) is -1.82. The molecule has 80 valence electrons. The molecule has 0 rings (SSSR count). The van der Waals surface area contributed by atoms with E-state index in [0.717, 1.165) is 25.7 Å². The normalized spacial score (nSPS) is 16.2. The highest BCUT2D eigenvalue weighted by molar-refractivity contribution is 7.17. The molecular weight excluding hydrogens is 200 g/mol. The second kappa shape index (κ2) is 6.82. The predicted molar refractivity (Wildman–Crippen MR) is 63.3 cm³/mol. The number of rotatable bonds is 7. The van der Waals surface area contributed by atoms with Crippen LogP contribution in [0.25, 0.3) is 0 Å². The molecule has 0 amide bonds. The second-order valence-corrected chi connectivity index (χ2v) is 8.09. The van der Waals surface area contributed by atoms with Crippen molar-refractivity contribution in [3.63, 3.8) is 0 Å². The zero-order valence-electron chi connectivity index (χ0n) is 9.36. The molecule has 0 saturated carbocycles. The van der Waals surface area contributed by atoms with Gasteiger partial charge in [-0.1, -0.05) is 34.1 Å². The first-order valence-electron chi connectivity index (χ1n) is 5.33. The summed E-state index contributed by atoms with van der Waals surface area (Å²) in [6.07, 6.45) is 1.17. The van der Waals surface area contributed by atoms with Crippen LogP contribution in [0.1, 0.15) is 34.1 Å². The molecule has 0 spiro atoms. The Morgan fingerprint density at radius 3 is 2.00 bits per heavy atom. The molecule has 1 N–H and O–H groups in total. The van der Waals surface area contributed by atoms with Gasteiger partial charge in [0.15, 0.2) is 0 Å². The minimum atomic E-state index is -1.82. The van der Waals surface area contributed by atoms with Crippen molar-refractivity contribution < 1.29 is 0 Å². The molecule has 2 nitrogen and oxygen atoms in total. The number of nitrogens with one attached hydrogen (secondary N) is 1. The van der Waals surface area contributed by atoms with E-state index in [1.54, 1.807) is 0 Å². The van der Waals surface area contributed by atoms with Gasteiger partial charge in [0.1, 0.15) is 0 Å². The largest absolute Gasteiger partial charge is 0.314 e. The lowest BCUT2D eigenvalue weighted by Gasteiger charge is -2.35. The van der Waals surface area contributed by atoms with Gasteiger partial charge in [0.2, 0.25) is 0 Å². The van der Waals surface area contributed by atoms with Gasteiger partial charge in [-0.05, 0) is 25.7 Å². The summed E-state index contributed by atoms with van der Waals surface area (Å²) in [5.41, 5.74) is 0. The van der Waals surface area contributed by atoms with E-state index >= 15 is 0 Å². The minimum absolute atomic E-state index is 0.978. The molecule has 0 aliphatic rings. The van der Waals surface area contributed by atoms with Crippen molar-refractivity contribution in [3.05, 3.63) is 0 Å². The van der Waals surface area contributed by atoms with Crippen LogP contribution in [0.5, 0.6) is 0 Å². The van der Waals surface area contributed by atoms with Crippen LogP contribution >= 0.6 is 11.1 Å². The Hall–Kier alpha value is 0.427. The molecule has 4 heteroatoms. The fourth-order valence-electron chi connectivity index (χ4n) is 1.69. The molecule has 0 aromatic heterocycles. The first kappa shape index (κ1) is 13.4. The van der Waals surface area contributed by atoms with Crippen molar-refractivity contribution >= 4 is 18.8 Å². The molecule has 0 heterocycles. The molecule has 0 saturated heterocycles. The van der Waals surface area contributed by atoms with Crippen molar-refractivity contribution in [1.82, 2.24) is 9.55 Å². The van der Waals surface area contributed by atoms with Gasteiger partial charge in [-0.15, -0.1) is 11.1 Å². The van der Waals surface area contributed by atoms with E-state index in [9.17, 15) is 0 Å².